The minimum absolute atomic E-state index is 0.127. The molecule has 0 atom stereocenters. The molecular weight excluding hydrogens is 298 g/mol. The van der Waals surface area contributed by atoms with Crippen LogP contribution in [-0.2, 0) is 0 Å². The molecule has 0 spiro atoms. The van der Waals surface area contributed by atoms with Crippen LogP contribution in [0.2, 0.25) is 0 Å². The topological polar surface area (TPSA) is 54.0 Å². The molecule has 1 aromatic carbocycles. The van der Waals surface area contributed by atoms with Crippen LogP contribution in [0.4, 0.5) is 11.4 Å². The predicted molar refractivity (Wildman–Crippen MR) is 98.6 cm³/mol. The lowest BCUT2D eigenvalue weighted by atomic mass is 9.95. The summed E-state index contributed by atoms with van der Waals surface area (Å²) >= 11 is 0. The van der Waals surface area contributed by atoms with E-state index >= 15 is 0 Å². The number of rotatable bonds is 4. The number of aromatic nitrogens is 1. The standard InChI is InChI=1S/C20H25N3O/c1-14-8-9-18(10-15(14)2)23-20(24)16-11-19(13-21-12-16)22-17-6-4-3-5-7-17/h8-13,17,22H,3-7H2,1-2H3,(H,23,24). The van der Waals surface area contributed by atoms with Gasteiger partial charge in [-0.2, -0.15) is 0 Å². The van der Waals surface area contributed by atoms with Gasteiger partial charge in [0.15, 0.2) is 0 Å². The van der Waals surface area contributed by atoms with Crippen molar-refractivity contribution in [1.82, 2.24) is 4.98 Å². The molecule has 2 aromatic rings. The van der Waals surface area contributed by atoms with Crippen molar-refractivity contribution in [2.75, 3.05) is 10.6 Å². The lowest BCUT2D eigenvalue weighted by Crippen LogP contribution is -2.22. The van der Waals surface area contributed by atoms with Crippen molar-refractivity contribution in [3.63, 3.8) is 0 Å². The first-order valence-electron chi connectivity index (χ1n) is 8.72. The molecule has 0 saturated heterocycles. The van der Waals surface area contributed by atoms with Crippen LogP contribution >= 0.6 is 0 Å². The second kappa shape index (κ2) is 7.47. The van der Waals surface area contributed by atoms with Gasteiger partial charge in [0.05, 0.1) is 11.3 Å². The highest BCUT2D eigenvalue weighted by Crippen LogP contribution is 2.22. The minimum Gasteiger partial charge on any atom is -0.381 e. The monoisotopic (exact) mass is 323 g/mol. The Labute approximate surface area is 143 Å². The summed E-state index contributed by atoms with van der Waals surface area (Å²) in [5.41, 5.74) is 4.70. The third kappa shape index (κ3) is 4.13. The van der Waals surface area contributed by atoms with Crippen molar-refractivity contribution < 1.29 is 4.79 Å². The lowest BCUT2D eigenvalue weighted by molar-refractivity contribution is 0.102. The summed E-state index contributed by atoms with van der Waals surface area (Å²) in [6.07, 6.45) is 9.67. The van der Waals surface area contributed by atoms with Gasteiger partial charge in [-0.05, 0) is 56.0 Å². The van der Waals surface area contributed by atoms with Gasteiger partial charge in [0.25, 0.3) is 5.91 Å². The summed E-state index contributed by atoms with van der Waals surface area (Å²) in [5.74, 6) is -0.127. The number of aryl methyl sites for hydroxylation is 2. The highest BCUT2D eigenvalue weighted by atomic mass is 16.1. The Hall–Kier alpha value is -2.36. The molecule has 1 aliphatic carbocycles. The Morgan fingerprint density at radius 3 is 2.54 bits per heavy atom. The zero-order valence-electron chi connectivity index (χ0n) is 14.4. The third-order valence-electron chi connectivity index (χ3n) is 4.74. The van der Waals surface area contributed by atoms with Crippen LogP contribution in [0.3, 0.4) is 0 Å². The first kappa shape index (κ1) is 16.5. The predicted octanol–water partition coefficient (Wildman–Crippen LogP) is 4.70. The zero-order chi connectivity index (χ0) is 16.9. The Morgan fingerprint density at radius 1 is 1.00 bits per heavy atom. The van der Waals surface area contributed by atoms with E-state index in [9.17, 15) is 4.79 Å². The molecule has 0 aliphatic heterocycles. The van der Waals surface area contributed by atoms with E-state index in [0.29, 0.717) is 11.6 Å². The van der Waals surface area contributed by atoms with Gasteiger partial charge in [0.2, 0.25) is 0 Å². The quantitative estimate of drug-likeness (QED) is 0.858. The number of amides is 1. The Morgan fingerprint density at radius 2 is 1.79 bits per heavy atom. The normalized spacial score (nSPS) is 15.1. The number of carbonyl (C=O) groups excluding carboxylic acids is 1. The van der Waals surface area contributed by atoms with Gasteiger partial charge >= 0.3 is 0 Å². The molecule has 1 aliphatic rings. The molecule has 1 saturated carbocycles. The number of nitrogens with one attached hydrogen (secondary N) is 2. The number of carbonyl (C=O) groups is 1. The lowest BCUT2D eigenvalue weighted by Gasteiger charge is -2.23. The summed E-state index contributed by atoms with van der Waals surface area (Å²) in [4.78, 5) is 16.7. The first-order valence-corrected chi connectivity index (χ1v) is 8.72. The van der Waals surface area contributed by atoms with Crippen LogP contribution in [0.25, 0.3) is 0 Å². The number of benzene rings is 1. The molecule has 4 nitrogen and oxygen atoms in total. The molecule has 1 aromatic heterocycles. The molecule has 0 bridgehead atoms. The fourth-order valence-corrected chi connectivity index (χ4v) is 3.15. The first-order chi connectivity index (χ1) is 11.6. The van der Waals surface area contributed by atoms with Crippen molar-refractivity contribution in [3.05, 3.63) is 53.3 Å². The van der Waals surface area contributed by atoms with Gasteiger partial charge in [-0.15, -0.1) is 0 Å². The fraction of sp³-hybridized carbons (Fsp3) is 0.400. The molecule has 1 fully saturated rings. The van der Waals surface area contributed by atoms with Crippen molar-refractivity contribution in [2.45, 2.75) is 52.0 Å². The summed E-state index contributed by atoms with van der Waals surface area (Å²) in [6.45, 7) is 4.10. The van der Waals surface area contributed by atoms with Crippen LogP contribution in [0.15, 0.2) is 36.7 Å². The van der Waals surface area contributed by atoms with E-state index in [4.69, 9.17) is 0 Å². The maximum Gasteiger partial charge on any atom is 0.257 e. The van der Waals surface area contributed by atoms with Crippen LogP contribution in [-0.4, -0.2) is 16.9 Å². The molecule has 0 unspecified atom stereocenters. The third-order valence-corrected chi connectivity index (χ3v) is 4.74. The highest BCUT2D eigenvalue weighted by Gasteiger charge is 2.14. The van der Waals surface area contributed by atoms with Crippen molar-refractivity contribution >= 4 is 17.3 Å². The Kier molecular flexibility index (Phi) is 5.14. The number of anilines is 2. The SMILES string of the molecule is Cc1ccc(NC(=O)c2cncc(NC3CCCCC3)c2)cc1C. The minimum atomic E-state index is -0.127. The summed E-state index contributed by atoms with van der Waals surface area (Å²) in [7, 11) is 0. The molecule has 4 heteroatoms. The van der Waals surface area contributed by atoms with E-state index in [1.165, 1.54) is 43.2 Å². The van der Waals surface area contributed by atoms with Crippen molar-refractivity contribution in [1.29, 1.82) is 0 Å². The zero-order valence-corrected chi connectivity index (χ0v) is 14.4. The van der Waals surface area contributed by atoms with Crippen molar-refractivity contribution in [3.8, 4) is 0 Å². The number of hydrogen-bond donors (Lipinski definition) is 2. The maximum absolute atomic E-state index is 12.5. The number of hydrogen-bond acceptors (Lipinski definition) is 3. The summed E-state index contributed by atoms with van der Waals surface area (Å²) < 4.78 is 0. The summed E-state index contributed by atoms with van der Waals surface area (Å²) in [5, 5.41) is 6.46. The molecular formula is C20H25N3O. The molecule has 1 heterocycles. The van der Waals surface area contributed by atoms with Gasteiger partial charge in [-0.1, -0.05) is 25.3 Å². The van der Waals surface area contributed by atoms with Gasteiger partial charge in [-0.3, -0.25) is 9.78 Å². The second-order valence-electron chi connectivity index (χ2n) is 6.69. The van der Waals surface area contributed by atoms with Gasteiger partial charge in [-0.25, -0.2) is 0 Å². The van der Waals surface area contributed by atoms with E-state index in [0.717, 1.165) is 11.4 Å². The van der Waals surface area contributed by atoms with E-state index in [1.54, 1.807) is 12.4 Å². The highest BCUT2D eigenvalue weighted by molar-refractivity contribution is 6.04. The van der Waals surface area contributed by atoms with E-state index in [-0.39, 0.29) is 5.91 Å². The molecule has 1 amide bonds. The number of nitrogens with zero attached hydrogens (tertiary/aromatic N) is 1. The maximum atomic E-state index is 12.5. The fourth-order valence-electron chi connectivity index (χ4n) is 3.15. The average molecular weight is 323 g/mol. The second-order valence-corrected chi connectivity index (χ2v) is 6.69. The molecule has 126 valence electrons. The van der Waals surface area contributed by atoms with Crippen molar-refractivity contribution in [2.24, 2.45) is 0 Å². The average Bonchev–Trinajstić information content (AvgIpc) is 2.59. The number of pyridine rings is 1. The van der Waals surface area contributed by atoms with Crippen LogP contribution in [0.5, 0.6) is 0 Å². The van der Waals surface area contributed by atoms with Crippen LogP contribution in [0.1, 0.15) is 53.6 Å². The van der Waals surface area contributed by atoms with E-state index in [1.807, 2.05) is 31.2 Å². The van der Waals surface area contributed by atoms with Crippen LogP contribution in [0, 0.1) is 13.8 Å². The van der Waals surface area contributed by atoms with E-state index in [2.05, 4.69) is 22.5 Å². The largest absolute Gasteiger partial charge is 0.381 e. The van der Waals surface area contributed by atoms with Gasteiger partial charge in [0, 0.05) is 24.1 Å². The van der Waals surface area contributed by atoms with Gasteiger partial charge in [0.1, 0.15) is 0 Å². The molecule has 0 radical (unpaired) electrons. The molecule has 24 heavy (non-hydrogen) atoms. The Bertz CT molecular complexity index is 721. The molecule has 2 N–H and O–H groups in total. The van der Waals surface area contributed by atoms with E-state index < -0.39 is 0 Å². The summed E-state index contributed by atoms with van der Waals surface area (Å²) in [6, 6.07) is 8.32. The van der Waals surface area contributed by atoms with Crippen LogP contribution < -0.4 is 10.6 Å². The smallest absolute Gasteiger partial charge is 0.257 e. The molecule has 3 rings (SSSR count). The van der Waals surface area contributed by atoms with Gasteiger partial charge < -0.3 is 10.6 Å². The Balaban J connectivity index is 1.68.